The number of rotatable bonds is 4. The number of halogens is 6. The highest BCUT2D eigenvalue weighted by Gasteiger charge is 2.81. The summed E-state index contributed by atoms with van der Waals surface area (Å²) in [5.41, 5.74) is 0. The Labute approximate surface area is 96.8 Å². The van der Waals surface area contributed by atoms with E-state index in [1.165, 1.54) is 0 Å². The highest BCUT2D eigenvalue weighted by molar-refractivity contribution is 7.97. The van der Waals surface area contributed by atoms with Crippen molar-refractivity contribution in [2.24, 2.45) is 0 Å². The first-order chi connectivity index (χ1) is 7.56. The van der Waals surface area contributed by atoms with Crippen LogP contribution in [0.2, 0.25) is 0 Å². The van der Waals surface area contributed by atoms with Gasteiger partial charge in [0.2, 0.25) is 15.2 Å². The topological polar surface area (TPSA) is 92.1 Å². The van der Waals surface area contributed by atoms with Gasteiger partial charge >= 0.3 is 26.3 Å². The summed E-state index contributed by atoms with van der Waals surface area (Å²) in [5.74, 6) is -6.80. The third kappa shape index (κ3) is 2.03. The van der Waals surface area contributed by atoms with Gasteiger partial charge in [-0.15, -0.1) is 0 Å². The summed E-state index contributed by atoms with van der Waals surface area (Å²) >= 11 is 0. The van der Waals surface area contributed by atoms with Crippen molar-refractivity contribution in [3.05, 3.63) is 0 Å². The van der Waals surface area contributed by atoms with Crippen LogP contribution in [0.1, 0.15) is 0 Å². The van der Waals surface area contributed by atoms with Crippen LogP contribution in [0, 0.1) is 10.7 Å². The Hall–Kier alpha value is -1.03. The zero-order valence-electron chi connectivity index (χ0n) is 8.16. The predicted octanol–water partition coefficient (Wildman–Crippen LogP) is 0.748. The van der Waals surface area contributed by atoms with E-state index in [4.69, 9.17) is 5.26 Å². The van der Waals surface area contributed by atoms with E-state index in [0.717, 1.165) is 0 Å². The molecule has 0 spiro atoms. The molecule has 0 saturated heterocycles. The lowest BCUT2D eigenvalue weighted by atomic mass is 10.3. The van der Waals surface area contributed by atoms with Crippen molar-refractivity contribution >= 4 is 19.7 Å². The maximum absolute atomic E-state index is 12.7. The molecule has 0 aromatic carbocycles. The van der Waals surface area contributed by atoms with E-state index in [1.54, 1.807) is 0 Å². The minimum absolute atomic E-state index is 0.275. The van der Waals surface area contributed by atoms with Crippen LogP contribution in [0.25, 0.3) is 0 Å². The predicted molar refractivity (Wildman–Crippen MR) is 44.2 cm³/mol. The van der Waals surface area contributed by atoms with Crippen LogP contribution < -0.4 is 0 Å². The number of alkyl halides is 6. The number of thiocyanates is 1. The number of sulfone groups is 2. The third-order valence-corrected chi connectivity index (χ3v) is 4.01. The van der Waals surface area contributed by atoms with E-state index in [0.29, 0.717) is 0 Å². The average Bonchev–Trinajstić information content (AvgIpc) is 2.15. The molecule has 0 saturated carbocycles. The zero-order chi connectivity index (χ0) is 15.2. The van der Waals surface area contributed by atoms with Gasteiger partial charge in [-0.05, 0) is 0 Å². The molecule has 0 fully saturated rings. The van der Waals surface area contributed by atoms with Crippen LogP contribution in [-0.4, -0.2) is 39.5 Å². The molecule has 0 N–H and O–H groups in total. The summed E-state index contributed by atoms with van der Waals surface area (Å²) in [5, 5.41) is -5.49. The molecule has 0 aromatic heterocycles. The van der Waals surface area contributed by atoms with Crippen LogP contribution in [0.5, 0.6) is 0 Å². The summed E-state index contributed by atoms with van der Waals surface area (Å²) in [6.07, 6.45) is -0.490. The van der Waals surface area contributed by atoms with E-state index < -0.39 is 42.4 Å². The first-order valence-corrected chi connectivity index (χ1v) is 6.92. The molecule has 0 aliphatic heterocycles. The molecule has 106 valence electrons. The Balaban J connectivity index is 6.24. The highest BCUT2D eigenvalue weighted by Crippen LogP contribution is 2.50. The van der Waals surface area contributed by atoms with Crippen LogP contribution in [0.15, 0.2) is 0 Å². The second-order valence-electron chi connectivity index (χ2n) is 2.97. The van der Waals surface area contributed by atoms with Gasteiger partial charge in [0.25, 0.3) is 0 Å². The van der Waals surface area contributed by atoms with Gasteiger partial charge in [-0.2, -0.15) is 31.6 Å². The maximum atomic E-state index is 12.7. The van der Waals surface area contributed by atoms with Crippen molar-refractivity contribution in [2.75, 3.05) is 6.26 Å². The monoisotopic (exact) mass is 319 g/mol. The van der Waals surface area contributed by atoms with Gasteiger partial charge < -0.3 is 0 Å². The number of nitrogens with zero attached hydrogens (tertiary/aromatic N) is 1. The van der Waals surface area contributed by atoms with E-state index in [1.807, 2.05) is 0 Å². The van der Waals surface area contributed by atoms with Gasteiger partial charge in [-0.25, -0.2) is 16.8 Å². The fourth-order valence-electron chi connectivity index (χ4n) is 0.628. The molecular formula is C5H3F6NO4S2. The lowest BCUT2D eigenvalue weighted by Gasteiger charge is -2.29. The van der Waals surface area contributed by atoms with Gasteiger partial charge in [-0.3, -0.25) is 0 Å². The third-order valence-electron chi connectivity index (χ3n) is 1.65. The maximum Gasteiger partial charge on any atom is 0.427 e. The largest absolute Gasteiger partial charge is 0.427 e. The van der Waals surface area contributed by atoms with E-state index in [2.05, 4.69) is 0 Å². The minimum atomic E-state index is -6.80. The molecule has 0 heterocycles. The second kappa shape index (κ2) is 3.98. The average molecular weight is 319 g/mol. The fourth-order valence-corrected chi connectivity index (χ4v) is 1.87. The van der Waals surface area contributed by atoms with Crippen LogP contribution in [0.4, 0.5) is 26.3 Å². The molecule has 0 aliphatic carbocycles. The molecule has 0 aromatic rings. The Morgan fingerprint density at radius 3 is 1.44 bits per heavy atom. The molecule has 13 heteroatoms. The zero-order valence-corrected chi connectivity index (χ0v) is 9.80. The lowest BCUT2D eigenvalue weighted by Crippen LogP contribution is -2.60. The van der Waals surface area contributed by atoms with Gasteiger partial charge in [0.05, 0.1) is 0 Å². The Morgan fingerprint density at radius 2 is 1.22 bits per heavy atom. The summed E-state index contributed by atoms with van der Waals surface area (Å²) in [4.78, 5) is 0. The first-order valence-electron chi connectivity index (χ1n) is 3.54. The Kier molecular flexibility index (Phi) is 3.76. The van der Waals surface area contributed by atoms with Crippen molar-refractivity contribution in [3.8, 4) is 5.40 Å². The molecule has 0 aliphatic rings. The van der Waals surface area contributed by atoms with E-state index >= 15 is 0 Å². The normalized spacial score (nSPS) is 15.2. The molecule has 0 unspecified atom stereocenters. The lowest BCUT2D eigenvalue weighted by molar-refractivity contribution is -0.243. The molecule has 0 bridgehead atoms. The fraction of sp³-hybridized carbons (Fsp3) is 0.800. The number of hydrogen-bond donors (Lipinski definition) is 0. The molecule has 5 nitrogen and oxygen atoms in total. The quantitative estimate of drug-likeness (QED) is 0.433. The Bertz CT molecular complexity index is 586. The first kappa shape index (κ1) is 17.0. The second-order valence-corrected chi connectivity index (χ2v) is 6.73. The summed E-state index contributed by atoms with van der Waals surface area (Å²) in [6, 6.07) is 0. The molecule has 18 heavy (non-hydrogen) atoms. The van der Waals surface area contributed by atoms with Gasteiger partial charge in [0.1, 0.15) is 0 Å². The van der Waals surface area contributed by atoms with Crippen molar-refractivity contribution in [1.29, 1.82) is 5.26 Å². The Morgan fingerprint density at radius 1 is 0.889 bits per heavy atom. The van der Waals surface area contributed by atoms with Crippen LogP contribution in [0.3, 0.4) is 0 Å². The summed E-state index contributed by atoms with van der Waals surface area (Å²) < 4.78 is 118. The van der Waals surface area contributed by atoms with Gasteiger partial charge in [0, 0.05) is 6.26 Å². The summed E-state index contributed by atoms with van der Waals surface area (Å²) in [7, 11) is -12.7. The van der Waals surface area contributed by atoms with Crippen molar-refractivity contribution in [2.45, 2.75) is 16.4 Å². The van der Waals surface area contributed by atoms with Gasteiger partial charge in [0.15, 0.2) is 0 Å². The molecule has 0 radical (unpaired) electrons. The smallest absolute Gasteiger partial charge is 0.223 e. The van der Waals surface area contributed by atoms with Crippen LogP contribution in [-0.2, 0) is 19.7 Å². The molecule has 0 amide bonds. The van der Waals surface area contributed by atoms with E-state index in [-0.39, 0.29) is 5.40 Å². The van der Waals surface area contributed by atoms with Crippen molar-refractivity contribution in [1.82, 2.24) is 0 Å². The SMILES string of the molecule is CS(=O)(=O)C(F)(F)C(F)(F)C(F)(F)S(=O)(=O)C#N. The number of nitriles is 1. The standard InChI is InChI=1S/C5H3F6NO4S2/c1-17(13,14)4(8,9)3(6,7)5(10,11)18(15,16)2-12/h1H3. The molecule has 0 atom stereocenters. The van der Waals surface area contributed by atoms with Gasteiger partial charge in [-0.1, -0.05) is 0 Å². The minimum Gasteiger partial charge on any atom is -0.223 e. The number of hydrogen-bond acceptors (Lipinski definition) is 5. The molecule has 0 rings (SSSR count). The van der Waals surface area contributed by atoms with Crippen molar-refractivity contribution < 1.29 is 43.2 Å². The highest BCUT2D eigenvalue weighted by atomic mass is 32.2. The van der Waals surface area contributed by atoms with Crippen molar-refractivity contribution in [3.63, 3.8) is 0 Å². The van der Waals surface area contributed by atoms with Crippen LogP contribution >= 0.6 is 0 Å². The summed E-state index contributed by atoms with van der Waals surface area (Å²) in [6.45, 7) is 0. The molecular weight excluding hydrogens is 316 g/mol. The van der Waals surface area contributed by atoms with E-state index in [9.17, 15) is 43.2 Å².